The Morgan fingerprint density at radius 2 is 2.03 bits per heavy atom. The molecule has 0 spiro atoms. The molecule has 34 heavy (non-hydrogen) atoms. The number of nitrogens with zero attached hydrogens (tertiary/aromatic N) is 4. The number of halogens is 3. The minimum atomic E-state index is -4.53. The van der Waals surface area contributed by atoms with Gasteiger partial charge in [-0.25, -0.2) is 4.98 Å². The maximum absolute atomic E-state index is 13.2. The summed E-state index contributed by atoms with van der Waals surface area (Å²) in [7, 11) is 1.48. The molecule has 0 aromatic carbocycles. The highest BCUT2D eigenvalue weighted by Gasteiger charge is 2.40. The SMILES string of the molecule is COC[C@@H](C1CC1)N(Cc1ccc(C(F)(F)F)cn1)C(=O)C(=O)Nc1cnc(N)c2cn[nH]c12. The van der Waals surface area contributed by atoms with Crippen molar-refractivity contribution in [3.05, 3.63) is 42.0 Å². The second kappa shape index (κ2) is 9.25. The fourth-order valence-electron chi connectivity index (χ4n) is 3.69. The molecule has 3 heterocycles. The third-order valence-corrected chi connectivity index (χ3v) is 5.61. The van der Waals surface area contributed by atoms with E-state index < -0.39 is 29.6 Å². The normalized spacial score (nSPS) is 14.7. The molecule has 1 atom stereocenters. The van der Waals surface area contributed by atoms with Gasteiger partial charge in [-0.3, -0.25) is 19.7 Å². The molecule has 10 nitrogen and oxygen atoms in total. The van der Waals surface area contributed by atoms with Gasteiger partial charge in [0, 0.05) is 13.3 Å². The van der Waals surface area contributed by atoms with Gasteiger partial charge in [0.2, 0.25) is 0 Å². The van der Waals surface area contributed by atoms with E-state index in [1.807, 2.05) is 0 Å². The van der Waals surface area contributed by atoms with Crippen LogP contribution < -0.4 is 11.1 Å². The molecule has 1 fully saturated rings. The first kappa shape index (κ1) is 23.4. The molecule has 0 bridgehead atoms. The molecule has 180 valence electrons. The Morgan fingerprint density at radius 3 is 2.65 bits per heavy atom. The Bertz CT molecular complexity index is 1190. The molecule has 3 aromatic heterocycles. The molecule has 1 saturated carbocycles. The van der Waals surface area contributed by atoms with Crippen LogP contribution in [0.1, 0.15) is 24.1 Å². The minimum Gasteiger partial charge on any atom is -0.383 e. The van der Waals surface area contributed by atoms with Crippen LogP contribution in [-0.2, 0) is 27.0 Å². The zero-order valence-electron chi connectivity index (χ0n) is 18.1. The van der Waals surface area contributed by atoms with Crippen molar-refractivity contribution < 1.29 is 27.5 Å². The van der Waals surface area contributed by atoms with E-state index in [9.17, 15) is 22.8 Å². The molecule has 0 aliphatic heterocycles. The molecule has 4 rings (SSSR count). The van der Waals surface area contributed by atoms with Crippen LogP contribution in [0.5, 0.6) is 0 Å². The highest BCUT2D eigenvalue weighted by molar-refractivity contribution is 6.40. The lowest BCUT2D eigenvalue weighted by molar-refractivity contribution is -0.146. The number of fused-ring (bicyclic) bond motifs is 1. The molecule has 13 heteroatoms. The van der Waals surface area contributed by atoms with Gasteiger partial charge in [0.1, 0.15) is 5.82 Å². The summed E-state index contributed by atoms with van der Waals surface area (Å²) in [5.41, 5.74) is 5.72. The van der Waals surface area contributed by atoms with Crippen molar-refractivity contribution in [1.82, 2.24) is 25.1 Å². The van der Waals surface area contributed by atoms with Crippen molar-refractivity contribution in [2.45, 2.75) is 31.6 Å². The number of rotatable bonds is 7. The van der Waals surface area contributed by atoms with Gasteiger partial charge in [0.25, 0.3) is 0 Å². The number of aromatic nitrogens is 4. The number of hydrogen-bond acceptors (Lipinski definition) is 7. The van der Waals surface area contributed by atoms with Gasteiger partial charge in [0.15, 0.2) is 0 Å². The number of nitrogens with one attached hydrogen (secondary N) is 2. The second-order valence-corrected chi connectivity index (χ2v) is 8.00. The highest BCUT2D eigenvalue weighted by atomic mass is 19.4. The van der Waals surface area contributed by atoms with Gasteiger partial charge in [-0.15, -0.1) is 0 Å². The van der Waals surface area contributed by atoms with Gasteiger partial charge in [0.05, 0.1) is 59.4 Å². The van der Waals surface area contributed by atoms with Crippen LogP contribution >= 0.6 is 0 Å². The number of carbonyl (C=O) groups excluding carboxylic acids is 2. The summed E-state index contributed by atoms with van der Waals surface area (Å²) >= 11 is 0. The van der Waals surface area contributed by atoms with E-state index in [1.54, 1.807) is 0 Å². The molecule has 1 aliphatic rings. The van der Waals surface area contributed by atoms with Gasteiger partial charge < -0.3 is 20.7 Å². The first-order valence-electron chi connectivity index (χ1n) is 10.4. The summed E-state index contributed by atoms with van der Waals surface area (Å²) in [5, 5.41) is 9.58. The van der Waals surface area contributed by atoms with Gasteiger partial charge in [-0.05, 0) is 30.9 Å². The molecule has 1 aliphatic carbocycles. The van der Waals surface area contributed by atoms with E-state index in [0.29, 0.717) is 17.1 Å². The van der Waals surface area contributed by atoms with E-state index in [2.05, 4.69) is 25.5 Å². The maximum Gasteiger partial charge on any atom is 0.417 e. The Kier molecular flexibility index (Phi) is 6.37. The summed E-state index contributed by atoms with van der Waals surface area (Å²) < 4.78 is 43.9. The smallest absolute Gasteiger partial charge is 0.383 e. The lowest BCUT2D eigenvalue weighted by Gasteiger charge is -2.31. The van der Waals surface area contributed by atoms with E-state index >= 15 is 0 Å². The van der Waals surface area contributed by atoms with Gasteiger partial charge >= 0.3 is 18.0 Å². The number of carbonyl (C=O) groups is 2. The number of nitrogens with two attached hydrogens (primary N) is 1. The highest BCUT2D eigenvalue weighted by Crippen LogP contribution is 2.36. The second-order valence-electron chi connectivity index (χ2n) is 8.00. The van der Waals surface area contributed by atoms with Crippen LogP contribution in [0.4, 0.5) is 24.7 Å². The van der Waals surface area contributed by atoms with Crippen LogP contribution in [0.15, 0.2) is 30.7 Å². The fourth-order valence-corrected chi connectivity index (χ4v) is 3.69. The average molecular weight is 477 g/mol. The topological polar surface area (TPSA) is 139 Å². The van der Waals surface area contributed by atoms with Crippen molar-refractivity contribution in [3.8, 4) is 0 Å². The number of amides is 2. The molecular weight excluding hydrogens is 455 g/mol. The Balaban J connectivity index is 1.58. The van der Waals surface area contributed by atoms with Gasteiger partial charge in [-0.1, -0.05) is 0 Å². The lowest BCUT2D eigenvalue weighted by atomic mass is 10.1. The summed E-state index contributed by atoms with van der Waals surface area (Å²) in [6, 6.07) is 1.64. The number of pyridine rings is 2. The Labute approximate surface area is 191 Å². The minimum absolute atomic E-state index is 0.114. The van der Waals surface area contributed by atoms with Crippen molar-refractivity contribution in [2.24, 2.45) is 5.92 Å². The molecule has 0 saturated heterocycles. The predicted octanol–water partition coefficient (Wildman–Crippen LogP) is 2.35. The van der Waals surface area contributed by atoms with Crippen LogP contribution in [0, 0.1) is 5.92 Å². The van der Waals surface area contributed by atoms with E-state index in [1.165, 1.54) is 30.5 Å². The molecule has 0 radical (unpaired) electrons. The number of alkyl halides is 3. The van der Waals surface area contributed by atoms with Crippen molar-refractivity contribution in [2.75, 3.05) is 24.8 Å². The maximum atomic E-state index is 13.2. The fraction of sp³-hybridized carbons (Fsp3) is 0.381. The number of hydrogen-bond donors (Lipinski definition) is 3. The van der Waals surface area contributed by atoms with Crippen molar-refractivity contribution in [1.29, 1.82) is 0 Å². The average Bonchev–Trinajstić information content (AvgIpc) is 3.52. The largest absolute Gasteiger partial charge is 0.417 e. The standard InChI is InChI=1S/C21H22F3N7O3/c1-34-10-16(11-2-3-11)31(9-13-5-4-12(6-26-13)21(22,23)24)20(33)19(32)29-15-8-27-18(25)14-7-28-30-17(14)15/h4-8,11,16H,2-3,9-10H2,1H3,(H2,25,27)(H,28,30)(H,29,32)/t16-/m0/s1. The molecule has 3 aromatic rings. The number of nitrogen functional groups attached to an aromatic ring is 1. The van der Waals surface area contributed by atoms with Crippen molar-refractivity contribution in [3.63, 3.8) is 0 Å². The quantitative estimate of drug-likeness (QED) is 0.444. The lowest BCUT2D eigenvalue weighted by Crippen LogP contribution is -2.48. The zero-order chi connectivity index (χ0) is 24.5. The summed E-state index contributed by atoms with van der Waals surface area (Å²) in [4.78, 5) is 35.3. The van der Waals surface area contributed by atoms with E-state index in [0.717, 1.165) is 18.9 Å². The molecule has 4 N–H and O–H groups in total. The number of methoxy groups -OCH3 is 1. The third kappa shape index (κ3) is 4.93. The van der Waals surface area contributed by atoms with Crippen LogP contribution in [0.3, 0.4) is 0 Å². The summed E-state index contributed by atoms with van der Waals surface area (Å²) in [6.07, 6.45) is 0.608. The summed E-state index contributed by atoms with van der Waals surface area (Å²) in [5.74, 6) is -1.50. The number of H-pyrrole nitrogens is 1. The van der Waals surface area contributed by atoms with E-state index in [4.69, 9.17) is 10.5 Å². The first-order valence-corrected chi connectivity index (χ1v) is 10.4. The molecule has 2 amide bonds. The van der Waals surface area contributed by atoms with Crippen LogP contribution in [0.2, 0.25) is 0 Å². The van der Waals surface area contributed by atoms with Crippen molar-refractivity contribution >= 4 is 34.2 Å². The number of aromatic amines is 1. The zero-order valence-corrected chi connectivity index (χ0v) is 18.1. The first-order chi connectivity index (χ1) is 16.2. The number of anilines is 2. The van der Waals surface area contributed by atoms with E-state index in [-0.39, 0.29) is 36.3 Å². The Morgan fingerprint density at radius 1 is 1.26 bits per heavy atom. The summed E-state index contributed by atoms with van der Waals surface area (Å²) in [6.45, 7) is 0.00686. The predicted molar refractivity (Wildman–Crippen MR) is 115 cm³/mol. The number of ether oxygens (including phenoxy) is 1. The Hall–Kier alpha value is -3.74. The van der Waals surface area contributed by atoms with Crippen LogP contribution in [0.25, 0.3) is 10.9 Å². The molecular formula is C21H22F3N7O3. The van der Waals surface area contributed by atoms with Gasteiger partial charge in [-0.2, -0.15) is 18.3 Å². The monoisotopic (exact) mass is 477 g/mol. The molecule has 0 unspecified atom stereocenters. The third-order valence-electron chi connectivity index (χ3n) is 5.61. The van der Waals surface area contributed by atoms with Crippen LogP contribution in [-0.4, -0.2) is 56.6 Å².